The summed E-state index contributed by atoms with van der Waals surface area (Å²) < 4.78 is 5.69. The highest BCUT2D eigenvalue weighted by molar-refractivity contribution is 5.73. The molecule has 4 rings (SSSR count). The van der Waals surface area contributed by atoms with Crippen LogP contribution >= 0.6 is 0 Å². The molecule has 3 aromatic rings. The molecule has 0 atom stereocenters. The first-order valence-electron chi connectivity index (χ1n) is 15.0. The molecule has 0 aliphatic carbocycles. The fourth-order valence-corrected chi connectivity index (χ4v) is 5.96. The molecule has 1 aliphatic heterocycles. The summed E-state index contributed by atoms with van der Waals surface area (Å²) in [6.07, 6.45) is 2.11. The number of benzene rings is 2. The molecule has 0 unspecified atom stereocenters. The fraction of sp³-hybridized carbons (Fsp3) is 0.500. The van der Waals surface area contributed by atoms with Gasteiger partial charge in [-0.25, -0.2) is 0 Å². The first-order valence-corrected chi connectivity index (χ1v) is 15.0. The molecule has 2 heterocycles. The number of aryl methyl sites for hydroxylation is 2. The zero-order valence-corrected chi connectivity index (χ0v) is 25.4. The Balaban J connectivity index is 1.65. The maximum absolute atomic E-state index is 12.6. The van der Waals surface area contributed by atoms with Crippen molar-refractivity contribution in [1.82, 2.24) is 15.2 Å². The van der Waals surface area contributed by atoms with E-state index in [9.17, 15) is 4.79 Å². The van der Waals surface area contributed by atoms with Crippen LogP contribution in [0.3, 0.4) is 0 Å². The van der Waals surface area contributed by atoms with E-state index in [-0.39, 0.29) is 5.56 Å². The average Bonchev–Trinajstić information content (AvgIpc) is 2.96. The van der Waals surface area contributed by atoms with Crippen LogP contribution in [0, 0.1) is 20.8 Å². The normalized spacial score (nSPS) is 14.2. The van der Waals surface area contributed by atoms with E-state index in [0.717, 1.165) is 69.1 Å². The predicted octanol–water partition coefficient (Wildman–Crippen LogP) is 6.10. The maximum atomic E-state index is 12.6. The quantitative estimate of drug-likeness (QED) is 0.288. The number of ether oxygens (including phenoxy) is 1. The van der Waals surface area contributed by atoms with Gasteiger partial charge >= 0.3 is 0 Å². The summed E-state index contributed by atoms with van der Waals surface area (Å²) in [7, 11) is 0. The Hall–Kier alpha value is -2.93. The largest absolute Gasteiger partial charge is 0.381 e. The minimum Gasteiger partial charge on any atom is -0.381 e. The molecule has 216 valence electrons. The number of H-pyrrole nitrogens is 1. The van der Waals surface area contributed by atoms with Crippen LogP contribution in [0.15, 0.2) is 47.3 Å². The topological polar surface area (TPSA) is 60.6 Å². The zero-order valence-electron chi connectivity index (χ0n) is 25.4. The van der Waals surface area contributed by atoms with Crippen LogP contribution < -0.4 is 15.8 Å². The van der Waals surface area contributed by atoms with Crippen molar-refractivity contribution < 1.29 is 4.74 Å². The second-order valence-electron chi connectivity index (χ2n) is 11.1. The molecule has 6 nitrogen and oxygen atoms in total. The van der Waals surface area contributed by atoms with Gasteiger partial charge in [0.2, 0.25) is 0 Å². The molecule has 0 radical (unpaired) electrons. The third-order valence-corrected chi connectivity index (χ3v) is 8.47. The molecule has 1 saturated heterocycles. The van der Waals surface area contributed by atoms with Crippen LogP contribution in [0.5, 0.6) is 0 Å². The van der Waals surface area contributed by atoms with Crippen LogP contribution in [-0.4, -0.2) is 48.8 Å². The molecule has 0 bridgehead atoms. The Morgan fingerprint density at radius 1 is 0.900 bits per heavy atom. The molecule has 0 spiro atoms. The van der Waals surface area contributed by atoms with Crippen LogP contribution in [0.1, 0.15) is 67.1 Å². The standard InChI is InChI=1S/C34H48N4O2/c1-7-37(8-2)23-27-10-12-28(13-11-27)29-19-30(21-35-22-32-24(4)18-25(5)36-34(32)39)26(6)33(20-29)38(9-3)31-14-16-40-17-15-31/h10-13,18-20,31,35H,7-9,14-17,21-23H2,1-6H3,(H,36,39). The van der Waals surface area contributed by atoms with Gasteiger partial charge < -0.3 is 19.9 Å². The van der Waals surface area contributed by atoms with Crippen molar-refractivity contribution in [2.45, 2.75) is 80.1 Å². The van der Waals surface area contributed by atoms with E-state index in [1.165, 1.54) is 33.5 Å². The fourth-order valence-electron chi connectivity index (χ4n) is 5.96. The number of rotatable bonds is 12. The number of aromatic amines is 1. The van der Waals surface area contributed by atoms with Gasteiger partial charge in [-0.05, 0) is 105 Å². The van der Waals surface area contributed by atoms with Crippen molar-refractivity contribution in [2.75, 3.05) is 37.7 Å². The number of hydrogen-bond donors (Lipinski definition) is 2. The lowest BCUT2D eigenvalue weighted by Crippen LogP contribution is -2.40. The lowest BCUT2D eigenvalue weighted by Gasteiger charge is -2.37. The summed E-state index contributed by atoms with van der Waals surface area (Å²) in [4.78, 5) is 20.5. The molecule has 0 saturated carbocycles. The number of hydrogen-bond acceptors (Lipinski definition) is 5. The summed E-state index contributed by atoms with van der Waals surface area (Å²) >= 11 is 0. The van der Waals surface area contributed by atoms with Crippen molar-refractivity contribution in [3.8, 4) is 11.1 Å². The molecule has 2 N–H and O–H groups in total. The molecule has 2 aromatic carbocycles. The first kappa shape index (κ1) is 30.0. The average molecular weight is 545 g/mol. The van der Waals surface area contributed by atoms with Crippen molar-refractivity contribution >= 4 is 5.69 Å². The number of aromatic nitrogens is 1. The van der Waals surface area contributed by atoms with Crippen molar-refractivity contribution in [3.05, 3.63) is 86.3 Å². The highest BCUT2D eigenvalue weighted by Gasteiger charge is 2.23. The van der Waals surface area contributed by atoms with Crippen LogP contribution in [0.25, 0.3) is 11.1 Å². The second-order valence-corrected chi connectivity index (χ2v) is 11.1. The van der Waals surface area contributed by atoms with Crippen molar-refractivity contribution in [3.63, 3.8) is 0 Å². The summed E-state index contributed by atoms with van der Waals surface area (Å²) in [5, 5.41) is 3.58. The number of nitrogens with zero attached hydrogens (tertiary/aromatic N) is 2. The number of anilines is 1. The van der Waals surface area contributed by atoms with E-state index in [1.807, 2.05) is 19.9 Å². The number of pyridine rings is 1. The molecule has 40 heavy (non-hydrogen) atoms. The SMILES string of the molecule is CCN(CC)Cc1ccc(-c2cc(CNCc3c(C)cc(C)[nH]c3=O)c(C)c(N(CC)C3CCOCC3)c2)cc1. The van der Waals surface area contributed by atoms with Gasteiger partial charge in [0.25, 0.3) is 5.56 Å². The van der Waals surface area contributed by atoms with Crippen molar-refractivity contribution in [1.29, 1.82) is 0 Å². The minimum atomic E-state index is -0.00219. The van der Waals surface area contributed by atoms with E-state index in [1.54, 1.807) is 0 Å². The van der Waals surface area contributed by atoms with E-state index in [0.29, 0.717) is 19.1 Å². The molecular formula is C34H48N4O2. The second kappa shape index (κ2) is 14.1. The molecular weight excluding hydrogens is 496 g/mol. The van der Waals surface area contributed by atoms with Gasteiger partial charge in [-0.1, -0.05) is 38.1 Å². The van der Waals surface area contributed by atoms with E-state index in [2.05, 4.69) is 84.2 Å². The lowest BCUT2D eigenvalue weighted by atomic mass is 9.95. The molecule has 6 heteroatoms. The summed E-state index contributed by atoms with van der Waals surface area (Å²) in [5.74, 6) is 0. The predicted molar refractivity (Wildman–Crippen MR) is 167 cm³/mol. The number of nitrogens with one attached hydrogen (secondary N) is 2. The Labute approximate surface area is 240 Å². The van der Waals surface area contributed by atoms with Gasteiger partial charge in [0.15, 0.2) is 0 Å². The summed E-state index contributed by atoms with van der Waals surface area (Å²) in [5.41, 5.74) is 10.4. The monoisotopic (exact) mass is 544 g/mol. The van der Waals surface area contributed by atoms with Crippen LogP contribution in [0.4, 0.5) is 5.69 Å². The Kier molecular flexibility index (Phi) is 10.6. The third kappa shape index (κ3) is 7.22. The van der Waals surface area contributed by atoms with Crippen molar-refractivity contribution in [2.24, 2.45) is 0 Å². The lowest BCUT2D eigenvalue weighted by molar-refractivity contribution is 0.0846. The van der Waals surface area contributed by atoms with E-state index < -0.39 is 0 Å². The summed E-state index contributed by atoms with van der Waals surface area (Å²) in [6.45, 7) is 19.8. The van der Waals surface area contributed by atoms with Gasteiger partial charge in [0.05, 0.1) is 0 Å². The Bertz CT molecular complexity index is 1300. The van der Waals surface area contributed by atoms with Gasteiger partial charge in [-0.15, -0.1) is 0 Å². The highest BCUT2D eigenvalue weighted by Crippen LogP contribution is 2.34. The molecule has 1 aliphatic rings. The van der Waals surface area contributed by atoms with Crippen LogP contribution in [0.2, 0.25) is 0 Å². The first-order chi connectivity index (χ1) is 19.3. The van der Waals surface area contributed by atoms with E-state index >= 15 is 0 Å². The third-order valence-electron chi connectivity index (χ3n) is 8.47. The summed E-state index contributed by atoms with van der Waals surface area (Å²) in [6, 6.07) is 16.3. The molecule has 1 aromatic heterocycles. The smallest absolute Gasteiger partial charge is 0.252 e. The maximum Gasteiger partial charge on any atom is 0.252 e. The Morgan fingerprint density at radius 2 is 1.60 bits per heavy atom. The van der Waals surface area contributed by atoms with E-state index in [4.69, 9.17) is 4.74 Å². The zero-order chi connectivity index (χ0) is 28.6. The van der Waals surface area contributed by atoms with Gasteiger partial charge in [-0.2, -0.15) is 0 Å². The molecule has 1 fully saturated rings. The van der Waals surface area contributed by atoms with Gasteiger partial charge in [0.1, 0.15) is 0 Å². The van der Waals surface area contributed by atoms with Gasteiger partial charge in [-0.3, -0.25) is 9.69 Å². The van der Waals surface area contributed by atoms with Crippen LogP contribution in [-0.2, 0) is 24.4 Å². The molecule has 0 amide bonds. The van der Waals surface area contributed by atoms with Gasteiger partial charge in [0, 0.05) is 62.4 Å². The minimum absolute atomic E-state index is 0.00219. The Morgan fingerprint density at radius 3 is 2.23 bits per heavy atom. The highest BCUT2D eigenvalue weighted by atomic mass is 16.5.